The minimum Gasteiger partial charge on any atom is -0.383 e. The van der Waals surface area contributed by atoms with E-state index in [1.807, 2.05) is 0 Å². The lowest BCUT2D eigenvalue weighted by Crippen LogP contribution is -2.10. The molecule has 1 aliphatic rings. The van der Waals surface area contributed by atoms with Gasteiger partial charge in [0.2, 0.25) is 0 Å². The van der Waals surface area contributed by atoms with Crippen molar-refractivity contribution >= 4 is 17.4 Å². The number of hydrogen-bond acceptors (Lipinski definition) is 4. The largest absolute Gasteiger partial charge is 0.383 e. The molecule has 1 aliphatic heterocycles. The summed E-state index contributed by atoms with van der Waals surface area (Å²) < 4.78 is 0. The molecule has 0 unspecified atom stereocenters. The van der Waals surface area contributed by atoms with Crippen molar-refractivity contribution in [1.82, 2.24) is 0 Å². The third-order valence-corrected chi connectivity index (χ3v) is 1.88. The Kier molecular flexibility index (Phi) is 1.45. The van der Waals surface area contributed by atoms with Gasteiger partial charge in [-0.25, -0.2) is 4.99 Å². The average Bonchev–Trinajstić information content (AvgIpc) is 2.43. The molecule has 5 heteroatoms. The van der Waals surface area contributed by atoms with Crippen molar-refractivity contribution in [2.75, 3.05) is 0 Å². The van der Waals surface area contributed by atoms with E-state index in [-0.39, 0.29) is 17.4 Å². The fraction of sp³-hybridized carbons (Fsp3) is 0. The highest BCUT2D eigenvalue weighted by atomic mass is 16.3. The zero-order valence-corrected chi connectivity index (χ0v) is 6.61. The van der Waals surface area contributed by atoms with E-state index >= 15 is 0 Å². The Morgan fingerprint density at radius 3 is 2.92 bits per heavy atom. The van der Waals surface area contributed by atoms with Crippen LogP contribution in [-0.2, 0) is 0 Å². The number of fused-ring (bicyclic) bond motifs is 1. The summed E-state index contributed by atoms with van der Waals surface area (Å²) in [5, 5.41) is 10.2. The van der Waals surface area contributed by atoms with E-state index in [0.717, 1.165) is 0 Å². The third-order valence-electron chi connectivity index (χ3n) is 1.88. The molecule has 3 N–H and O–H groups in total. The van der Waals surface area contributed by atoms with Gasteiger partial charge in [-0.05, 0) is 11.2 Å². The molecule has 0 aliphatic carbocycles. The molecule has 0 saturated carbocycles. The number of benzene rings is 1. The van der Waals surface area contributed by atoms with Crippen molar-refractivity contribution in [3.63, 3.8) is 0 Å². The van der Waals surface area contributed by atoms with Crippen molar-refractivity contribution in [2.45, 2.75) is 0 Å². The minimum atomic E-state index is 0.0815. The first-order valence-electron chi connectivity index (χ1n) is 3.64. The second-order valence-corrected chi connectivity index (χ2v) is 2.64. The lowest BCUT2D eigenvalue weighted by Gasteiger charge is -1.99. The van der Waals surface area contributed by atoms with Crippen LogP contribution in [0.3, 0.4) is 0 Å². The van der Waals surface area contributed by atoms with E-state index in [1.165, 1.54) is 0 Å². The number of aliphatic imine (C=N–C) groups is 1. The Hall–Kier alpha value is -2.04. The van der Waals surface area contributed by atoms with E-state index in [2.05, 4.69) is 10.2 Å². The van der Waals surface area contributed by atoms with Gasteiger partial charge in [0, 0.05) is 5.56 Å². The van der Waals surface area contributed by atoms with Gasteiger partial charge < -0.3 is 5.73 Å². The molecule has 5 nitrogen and oxygen atoms in total. The van der Waals surface area contributed by atoms with E-state index < -0.39 is 0 Å². The van der Waals surface area contributed by atoms with Gasteiger partial charge in [0.25, 0.3) is 0 Å². The zero-order chi connectivity index (χ0) is 9.42. The van der Waals surface area contributed by atoms with E-state index in [9.17, 15) is 4.91 Å². The van der Waals surface area contributed by atoms with Crippen molar-refractivity contribution in [2.24, 2.45) is 15.9 Å². The smallest absolute Gasteiger partial charge is 0.155 e. The molecule has 0 amide bonds. The minimum absolute atomic E-state index is 0.0815. The summed E-state index contributed by atoms with van der Waals surface area (Å²) in [6.45, 7) is 0. The van der Waals surface area contributed by atoms with Crippen molar-refractivity contribution in [3.8, 4) is 0 Å². The van der Waals surface area contributed by atoms with Crippen LogP contribution in [0.4, 0.5) is 5.69 Å². The van der Waals surface area contributed by atoms with E-state index in [1.54, 1.807) is 18.2 Å². The number of hydrogen-bond donors (Lipinski definition) is 2. The summed E-state index contributed by atoms with van der Waals surface area (Å²) in [7, 11) is 0. The Morgan fingerprint density at radius 1 is 1.46 bits per heavy atom. The predicted molar refractivity (Wildman–Crippen MR) is 49.5 cm³/mol. The standard InChI is InChI=1S/C8H6N4O/c9-7-4-2-1-3-5(12-13)6(4)8(10)11-7/h1-3H,(H3,9,10,11). The molecule has 0 bridgehead atoms. The normalized spacial score (nSPS) is 13.8. The highest BCUT2D eigenvalue weighted by Crippen LogP contribution is 2.26. The first-order valence-corrected chi connectivity index (χ1v) is 3.64. The number of amidine groups is 2. The van der Waals surface area contributed by atoms with Gasteiger partial charge in [0.05, 0.1) is 5.56 Å². The molecule has 1 aromatic carbocycles. The van der Waals surface area contributed by atoms with Crippen molar-refractivity contribution in [1.29, 1.82) is 5.41 Å². The Balaban J connectivity index is 2.76. The first-order chi connectivity index (χ1) is 6.24. The van der Waals surface area contributed by atoms with Gasteiger partial charge in [0.1, 0.15) is 11.5 Å². The van der Waals surface area contributed by atoms with Crippen LogP contribution in [0.1, 0.15) is 11.1 Å². The molecule has 0 aromatic heterocycles. The second kappa shape index (κ2) is 2.48. The van der Waals surface area contributed by atoms with Gasteiger partial charge in [-0.3, -0.25) is 5.41 Å². The fourth-order valence-electron chi connectivity index (χ4n) is 1.32. The average molecular weight is 174 g/mol. The van der Waals surface area contributed by atoms with E-state index in [4.69, 9.17) is 11.1 Å². The molecular formula is C8H6N4O. The lowest BCUT2D eigenvalue weighted by atomic mass is 10.1. The van der Waals surface area contributed by atoms with Crippen LogP contribution in [-0.4, -0.2) is 11.7 Å². The number of nitroso groups, excluding NO2 is 1. The van der Waals surface area contributed by atoms with Crippen LogP contribution in [0.15, 0.2) is 28.4 Å². The molecule has 64 valence electrons. The molecule has 0 atom stereocenters. The highest BCUT2D eigenvalue weighted by molar-refractivity contribution is 6.22. The van der Waals surface area contributed by atoms with Crippen LogP contribution >= 0.6 is 0 Å². The molecule has 1 aromatic rings. The van der Waals surface area contributed by atoms with E-state index in [0.29, 0.717) is 11.1 Å². The summed E-state index contributed by atoms with van der Waals surface area (Å²) in [5.74, 6) is 0.271. The Bertz CT molecular complexity index is 436. The summed E-state index contributed by atoms with van der Waals surface area (Å²) in [4.78, 5) is 14.1. The SMILES string of the molecule is N=C1N=C(N)c2c(N=O)cccc21. The van der Waals surface area contributed by atoms with Gasteiger partial charge in [-0.15, -0.1) is 4.91 Å². The first kappa shape index (κ1) is 7.60. The lowest BCUT2D eigenvalue weighted by molar-refractivity contribution is 1.43. The maximum atomic E-state index is 10.4. The molecular weight excluding hydrogens is 168 g/mol. The monoisotopic (exact) mass is 174 g/mol. The predicted octanol–water partition coefficient (Wildman–Crippen LogP) is 1.13. The molecule has 0 spiro atoms. The Labute approximate surface area is 73.8 Å². The van der Waals surface area contributed by atoms with Gasteiger partial charge in [-0.2, -0.15) is 0 Å². The molecule has 0 fully saturated rings. The fourth-order valence-corrected chi connectivity index (χ4v) is 1.32. The van der Waals surface area contributed by atoms with Crippen LogP contribution < -0.4 is 5.73 Å². The highest BCUT2D eigenvalue weighted by Gasteiger charge is 2.21. The van der Waals surface area contributed by atoms with Crippen LogP contribution in [0.2, 0.25) is 0 Å². The number of nitrogens with two attached hydrogens (primary N) is 1. The maximum Gasteiger partial charge on any atom is 0.155 e. The topological polar surface area (TPSA) is 91.7 Å². The summed E-state index contributed by atoms with van der Waals surface area (Å²) in [6.07, 6.45) is 0. The van der Waals surface area contributed by atoms with Gasteiger partial charge in [0.15, 0.2) is 5.84 Å². The van der Waals surface area contributed by atoms with Crippen molar-refractivity contribution < 1.29 is 0 Å². The molecule has 2 rings (SSSR count). The summed E-state index contributed by atoms with van der Waals surface area (Å²) in [6, 6.07) is 4.89. The zero-order valence-electron chi connectivity index (χ0n) is 6.61. The molecule has 0 radical (unpaired) electrons. The quantitative estimate of drug-likeness (QED) is 0.624. The van der Waals surface area contributed by atoms with Gasteiger partial charge >= 0.3 is 0 Å². The maximum absolute atomic E-state index is 10.4. The van der Waals surface area contributed by atoms with Crippen molar-refractivity contribution in [3.05, 3.63) is 34.2 Å². The summed E-state index contributed by atoms with van der Waals surface area (Å²) >= 11 is 0. The number of rotatable bonds is 1. The van der Waals surface area contributed by atoms with Crippen LogP contribution in [0, 0.1) is 10.3 Å². The Morgan fingerprint density at radius 2 is 2.23 bits per heavy atom. The molecule has 0 saturated heterocycles. The van der Waals surface area contributed by atoms with Crippen LogP contribution in [0.25, 0.3) is 0 Å². The second-order valence-electron chi connectivity index (χ2n) is 2.64. The summed E-state index contributed by atoms with van der Waals surface area (Å²) in [5.41, 5.74) is 6.80. The molecule has 13 heavy (non-hydrogen) atoms. The molecule has 1 heterocycles. The third kappa shape index (κ3) is 0.936. The van der Waals surface area contributed by atoms with Crippen LogP contribution in [0.5, 0.6) is 0 Å². The number of nitrogens with zero attached hydrogens (tertiary/aromatic N) is 2. The number of nitrogens with one attached hydrogen (secondary N) is 1. The van der Waals surface area contributed by atoms with Gasteiger partial charge in [-0.1, -0.05) is 12.1 Å².